The van der Waals surface area contributed by atoms with Gasteiger partial charge in [-0.15, -0.1) is 0 Å². The van der Waals surface area contributed by atoms with Gasteiger partial charge in [0.25, 0.3) is 0 Å². The second-order valence-electron chi connectivity index (χ2n) is 5.26. The number of hydrogen-bond donors (Lipinski definition) is 1. The summed E-state index contributed by atoms with van der Waals surface area (Å²) in [5.41, 5.74) is 10.1. The van der Waals surface area contributed by atoms with E-state index in [1.54, 1.807) is 7.11 Å². The third-order valence-electron chi connectivity index (χ3n) is 3.66. The van der Waals surface area contributed by atoms with Crippen molar-refractivity contribution in [3.05, 3.63) is 66.5 Å². The highest BCUT2D eigenvalue weighted by Gasteiger charge is 2.11. The van der Waals surface area contributed by atoms with Gasteiger partial charge in [-0.05, 0) is 36.8 Å². The first kappa shape index (κ1) is 14.4. The van der Waals surface area contributed by atoms with E-state index in [4.69, 9.17) is 10.5 Å². The summed E-state index contributed by atoms with van der Waals surface area (Å²) in [7, 11) is 1.67. The van der Waals surface area contributed by atoms with E-state index in [2.05, 4.69) is 11.2 Å². The summed E-state index contributed by atoms with van der Waals surface area (Å²) in [5.74, 6) is 0.817. The molecule has 1 atom stereocenters. The van der Waals surface area contributed by atoms with Crippen LogP contribution < -0.4 is 10.5 Å². The zero-order valence-electron chi connectivity index (χ0n) is 12.7. The van der Waals surface area contributed by atoms with Crippen molar-refractivity contribution >= 4 is 0 Å². The summed E-state index contributed by atoms with van der Waals surface area (Å²) in [5, 5.41) is 4.44. The molecule has 0 aliphatic heterocycles. The molecule has 0 radical (unpaired) electrons. The Hall–Kier alpha value is -2.59. The molecule has 4 nitrogen and oxygen atoms in total. The van der Waals surface area contributed by atoms with E-state index in [9.17, 15) is 0 Å². The number of benzene rings is 2. The molecule has 0 bridgehead atoms. The van der Waals surface area contributed by atoms with Gasteiger partial charge in [0.1, 0.15) is 5.75 Å². The van der Waals surface area contributed by atoms with Crippen molar-refractivity contribution in [2.24, 2.45) is 5.73 Å². The first-order valence-electron chi connectivity index (χ1n) is 7.23. The van der Waals surface area contributed by atoms with Crippen molar-refractivity contribution in [3.63, 3.8) is 0 Å². The second-order valence-corrected chi connectivity index (χ2v) is 5.26. The molecule has 0 spiro atoms. The number of hydrogen-bond acceptors (Lipinski definition) is 3. The van der Waals surface area contributed by atoms with Crippen LogP contribution >= 0.6 is 0 Å². The van der Waals surface area contributed by atoms with Crippen molar-refractivity contribution < 1.29 is 4.74 Å². The van der Waals surface area contributed by atoms with E-state index in [0.29, 0.717) is 0 Å². The maximum absolute atomic E-state index is 5.99. The van der Waals surface area contributed by atoms with Gasteiger partial charge in [-0.1, -0.05) is 24.3 Å². The van der Waals surface area contributed by atoms with E-state index < -0.39 is 0 Å². The highest BCUT2D eigenvalue weighted by Crippen LogP contribution is 2.32. The van der Waals surface area contributed by atoms with Crippen molar-refractivity contribution in [2.75, 3.05) is 7.11 Å². The first-order valence-corrected chi connectivity index (χ1v) is 7.23. The first-order chi connectivity index (χ1) is 10.7. The molecule has 0 fully saturated rings. The Bertz CT molecular complexity index is 763. The second kappa shape index (κ2) is 6.03. The molecule has 0 saturated carbocycles. The quantitative estimate of drug-likeness (QED) is 0.800. The Morgan fingerprint density at radius 3 is 2.59 bits per heavy atom. The smallest absolute Gasteiger partial charge is 0.126 e. The standard InChI is InChI=1S/C18H19N3O/c1-13(19)14-8-9-18(22-2)17(10-14)15-11-20-21(12-15)16-6-4-3-5-7-16/h3-13H,19H2,1-2H3. The molecule has 22 heavy (non-hydrogen) atoms. The molecule has 3 rings (SSSR count). The molecule has 3 aromatic rings. The summed E-state index contributed by atoms with van der Waals surface area (Å²) in [6.07, 6.45) is 3.84. The number of aromatic nitrogens is 2. The van der Waals surface area contributed by atoms with Gasteiger partial charge in [-0.25, -0.2) is 4.68 Å². The third kappa shape index (κ3) is 2.73. The fourth-order valence-corrected chi connectivity index (χ4v) is 2.42. The average Bonchev–Trinajstić information content (AvgIpc) is 3.05. The molecular formula is C18H19N3O. The molecule has 2 N–H and O–H groups in total. The van der Waals surface area contributed by atoms with Crippen LogP contribution in [0, 0.1) is 0 Å². The molecular weight excluding hydrogens is 274 g/mol. The summed E-state index contributed by atoms with van der Waals surface area (Å²) in [6, 6.07) is 16.0. The molecule has 0 amide bonds. The predicted octanol–water partition coefficient (Wildman–Crippen LogP) is 3.57. The average molecular weight is 293 g/mol. The van der Waals surface area contributed by atoms with Crippen LogP contribution in [0.1, 0.15) is 18.5 Å². The number of methoxy groups -OCH3 is 1. The lowest BCUT2D eigenvalue weighted by Gasteiger charge is -2.11. The van der Waals surface area contributed by atoms with Gasteiger partial charge in [0.2, 0.25) is 0 Å². The molecule has 1 unspecified atom stereocenters. The van der Waals surface area contributed by atoms with E-state index in [1.807, 2.05) is 66.5 Å². The van der Waals surface area contributed by atoms with Gasteiger partial charge in [-0.2, -0.15) is 5.10 Å². The Morgan fingerprint density at radius 1 is 1.14 bits per heavy atom. The van der Waals surface area contributed by atoms with Crippen LogP contribution in [0.15, 0.2) is 60.9 Å². The Labute approximate surface area is 130 Å². The lowest BCUT2D eigenvalue weighted by molar-refractivity contribution is 0.416. The summed E-state index contributed by atoms with van der Waals surface area (Å²) in [6.45, 7) is 1.97. The van der Waals surface area contributed by atoms with Crippen LogP contribution in [0.5, 0.6) is 5.75 Å². The molecule has 0 saturated heterocycles. The minimum atomic E-state index is -0.0196. The van der Waals surface area contributed by atoms with Gasteiger partial charge < -0.3 is 10.5 Å². The van der Waals surface area contributed by atoms with Gasteiger partial charge in [-0.3, -0.25) is 0 Å². The lowest BCUT2D eigenvalue weighted by atomic mass is 10.0. The topological polar surface area (TPSA) is 53.1 Å². The Kier molecular flexibility index (Phi) is 3.94. The maximum atomic E-state index is 5.99. The predicted molar refractivity (Wildman–Crippen MR) is 88.2 cm³/mol. The van der Waals surface area contributed by atoms with Crippen LogP contribution in [-0.4, -0.2) is 16.9 Å². The largest absolute Gasteiger partial charge is 0.496 e. The Morgan fingerprint density at radius 2 is 1.91 bits per heavy atom. The van der Waals surface area contributed by atoms with E-state index >= 15 is 0 Å². The fraction of sp³-hybridized carbons (Fsp3) is 0.167. The van der Waals surface area contributed by atoms with Crippen molar-refractivity contribution in [1.82, 2.24) is 9.78 Å². The highest BCUT2D eigenvalue weighted by molar-refractivity contribution is 5.70. The SMILES string of the molecule is COc1ccc(C(C)N)cc1-c1cnn(-c2ccccc2)c1. The molecule has 2 aromatic carbocycles. The van der Waals surface area contributed by atoms with Gasteiger partial charge in [0, 0.05) is 23.4 Å². The zero-order chi connectivity index (χ0) is 15.5. The minimum Gasteiger partial charge on any atom is -0.496 e. The fourth-order valence-electron chi connectivity index (χ4n) is 2.42. The van der Waals surface area contributed by atoms with Crippen LogP contribution in [0.2, 0.25) is 0 Å². The van der Waals surface area contributed by atoms with E-state index in [0.717, 1.165) is 28.1 Å². The van der Waals surface area contributed by atoms with Crippen molar-refractivity contribution in [3.8, 4) is 22.6 Å². The zero-order valence-corrected chi connectivity index (χ0v) is 12.7. The van der Waals surface area contributed by atoms with Crippen molar-refractivity contribution in [2.45, 2.75) is 13.0 Å². The summed E-state index contributed by atoms with van der Waals surface area (Å²) < 4.78 is 7.33. The van der Waals surface area contributed by atoms with Crippen molar-refractivity contribution in [1.29, 1.82) is 0 Å². The lowest BCUT2D eigenvalue weighted by Crippen LogP contribution is -2.05. The minimum absolute atomic E-state index is 0.0196. The number of nitrogens with zero attached hydrogens (tertiary/aromatic N) is 2. The maximum Gasteiger partial charge on any atom is 0.126 e. The molecule has 112 valence electrons. The molecule has 1 heterocycles. The summed E-state index contributed by atoms with van der Waals surface area (Å²) in [4.78, 5) is 0. The molecule has 4 heteroatoms. The number of para-hydroxylation sites is 1. The number of nitrogens with two attached hydrogens (primary N) is 1. The van der Waals surface area contributed by atoms with Gasteiger partial charge in [0.05, 0.1) is 19.0 Å². The van der Waals surface area contributed by atoms with Gasteiger partial charge >= 0.3 is 0 Å². The number of ether oxygens (including phenoxy) is 1. The Balaban J connectivity index is 2.04. The van der Waals surface area contributed by atoms with Crippen LogP contribution in [-0.2, 0) is 0 Å². The summed E-state index contributed by atoms with van der Waals surface area (Å²) >= 11 is 0. The van der Waals surface area contributed by atoms with Crippen LogP contribution in [0.4, 0.5) is 0 Å². The van der Waals surface area contributed by atoms with Gasteiger partial charge in [0.15, 0.2) is 0 Å². The van der Waals surface area contributed by atoms with E-state index in [1.165, 1.54) is 0 Å². The normalized spacial score (nSPS) is 12.1. The van der Waals surface area contributed by atoms with E-state index in [-0.39, 0.29) is 6.04 Å². The van der Waals surface area contributed by atoms with Crippen LogP contribution in [0.3, 0.4) is 0 Å². The molecule has 0 aliphatic carbocycles. The number of rotatable bonds is 4. The van der Waals surface area contributed by atoms with Crippen LogP contribution in [0.25, 0.3) is 16.8 Å². The monoisotopic (exact) mass is 293 g/mol. The highest BCUT2D eigenvalue weighted by atomic mass is 16.5. The molecule has 1 aromatic heterocycles. The molecule has 0 aliphatic rings. The third-order valence-corrected chi connectivity index (χ3v) is 3.66.